The van der Waals surface area contributed by atoms with Gasteiger partial charge in [-0.05, 0) is 109 Å². The molecule has 0 fully saturated rings. The Balaban J connectivity index is 0.960. The van der Waals surface area contributed by atoms with Gasteiger partial charge in [0.05, 0.1) is 11.1 Å². The number of fused-ring (bicyclic) bond motifs is 7. The lowest BCUT2D eigenvalue weighted by molar-refractivity contribution is 0.670. The van der Waals surface area contributed by atoms with Crippen molar-refractivity contribution >= 4 is 49.8 Å². The Labute approximate surface area is 390 Å². The Morgan fingerprint density at radius 1 is 0.328 bits per heavy atom. The standard InChI is InChI=1S/C65H43NO/c1-3-17-51(18-4-1)65(52-19-5-2-6-20-52)59-25-11-9-22-58(59)63-60(65)26-14-27-61(63)66(54-41-37-48(38-42-54)55-23-13-24-57-56-21-10-12-28-62(56)67-64(55)57)53-39-35-46(36-40-53)45-29-31-47(32-30-45)50-34-33-44-15-7-8-16-49(44)43-50/h1-43H. The molecule has 0 spiro atoms. The van der Waals surface area contributed by atoms with Gasteiger partial charge in [-0.1, -0.05) is 218 Å². The Hall–Kier alpha value is -8.72. The Kier molecular flexibility index (Phi) is 9.11. The fourth-order valence-electron chi connectivity index (χ4n) is 10.9. The molecule has 0 N–H and O–H groups in total. The SMILES string of the molecule is c1ccc(C2(c3ccccc3)c3ccccc3-c3c(N(c4ccc(-c5ccc(-c6ccc7ccccc7c6)cc5)cc4)c4ccc(-c5cccc6c5oc5ccccc56)cc4)cccc32)cc1. The second-order valence-corrected chi connectivity index (χ2v) is 17.6. The molecule has 0 atom stereocenters. The molecular formula is C65H43NO. The van der Waals surface area contributed by atoms with E-state index < -0.39 is 5.41 Å². The predicted molar refractivity (Wildman–Crippen MR) is 280 cm³/mol. The maximum Gasteiger partial charge on any atom is 0.143 e. The molecule has 0 amide bonds. The molecule has 314 valence electrons. The van der Waals surface area contributed by atoms with E-state index in [1.165, 1.54) is 66.4 Å². The highest BCUT2D eigenvalue weighted by Gasteiger charge is 2.47. The summed E-state index contributed by atoms with van der Waals surface area (Å²) < 4.78 is 6.51. The molecule has 0 aliphatic heterocycles. The van der Waals surface area contributed by atoms with Gasteiger partial charge in [-0.15, -0.1) is 0 Å². The van der Waals surface area contributed by atoms with E-state index in [0.717, 1.165) is 50.1 Å². The van der Waals surface area contributed by atoms with Crippen LogP contribution in [0.5, 0.6) is 0 Å². The molecule has 1 aromatic heterocycles. The number of rotatable bonds is 8. The lowest BCUT2D eigenvalue weighted by Gasteiger charge is -2.34. The minimum absolute atomic E-state index is 0.520. The number of para-hydroxylation sites is 2. The Bertz CT molecular complexity index is 3730. The van der Waals surface area contributed by atoms with E-state index in [9.17, 15) is 0 Å². The quantitative estimate of drug-likeness (QED) is 0.151. The van der Waals surface area contributed by atoms with E-state index in [1.54, 1.807) is 0 Å². The third-order valence-corrected chi connectivity index (χ3v) is 14.0. The summed E-state index contributed by atoms with van der Waals surface area (Å²) in [7, 11) is 0. The van der Waals surface area contributed by atoms with Gasteiger partial charge in [-0.3, -0.25) is 0 Å². The van der Waals surface area contributed by atoms with Crippen LogP contribution < -0.4 is 4.90 Å². The highest BCUT2D eigenvalue weighted by atomic mass is 16.3. The van der Waals surface area contributed by atoms with Gasteiger partial charge in [-0.2, -0.15) is 0 Å². The van der Waals surface area contributed by atoms with Crippen LogP contribution in [0, 0.1) is 0 Å². The molecule has 67 heavy (non-hydrogen) atoms. The van der Waals surface area contributed by atoms with E-state index >= 15 is 0 Å². The van der Waals surface area contributed by atoms with Gasteiger partial charge in [0.1, 0.15) is 11.2 Å². The molecule has 2 nitrogen and oxygen atoms in total. The van der Waals surface area contributed by atoms with Crippen LogP contribution in [0.4, 0.5) is 17.1 Å². The average molecular weight is 854 g/mol. The zero-order valence-corrected chi connectivity index (χ0v) is 36.7. The van der Waals surface area contributed by atoms with Crippen molar-refractivity contribution in [3.05, 3.63) is 283 Å². The molecule has 0 saturated carbocycles. The fraction of sp³-hybridized carbons (Fsp3) is 0.0154. The van der Waals surface area contributed by atoms with Crippen molar-refractivity contribution in [2.45, 2.75) is 5.41 Å². The van der Waals surface area contributed by atoms with Crippen LogP contribution in [-0.4, -0.2) is 0 Å². The van der Waals surface area contributed by atoms with Gasteiger partial charge in [0.15, 0.2) is 0 Å². The third kappa shape index (κ3) is 6.26. The lowest BCUT2D eigenvalue weighted by Crippen LogP contribution is -2.28. The van der Waals surface area contributed by atoms with Crippen molar-refractivity contribution in [1.29, 1.82) is 0 Å². The van der Waals surface area contributed by atoms with Crippen LogP contribution in [0.3, 0.4) is 0 Å². The van der Waals surface area contributed by atoms with Crippen molar-refractivity contribution in [2.75, 3.05) is 4.90 Å². The molecule has 11 aromatic carbocycles. The first-order valence-electron chi connectivity index (χ1n) is 23.1. The van der Waals surface area contributed by atoms with Crippen molar-refractivity contribution in [3.63, 3.8) is 0 Å². The zero-order chi connectivity index (χ0) is 44.3. The van der Waals surface area contributed by atoms with Crippen molar-refractivity contribution in [1.82, 2.24) is 0 Å². The molecule has 12 aromatic rings. The maximum absolute atomic E-state index is 6.51. The predicted octanol–water partition coefficient (Wildman–Crippen LogP) is 17.6. The molecule has 0 radical (unpaired) electrons. The summed E-state index contributed by atoms with van der Waals surface area (Å²) in [6.45, 7) is 0. The largest absolute Gasteiger partial charge is 0.455 e. The minimum Gasteiger partial charge on any atom is -0.455 e. The summed E-state index contributed by atoms with van der Waals surface area (Å²) in [4.78, 5) is 2.44. The molecule has 0 saturated heterocycles. The molecule has 0 bridgehead atoms. The minimum atomic E-state index is -0.520. The van der Waals surface area contributed by atoms with Gasteiger partial charge in [0, 0.05) is 33.3 Å². The first-order chi connectivity index (χ1) is 33.2. The Morgan fingerprint density at radius 2 is 0.836 bits per heavy atom. The smallest absolute Gasteiger partial charge is 0.143 e. The normalized spacial score (nSPS) is 12.6. The average Bonchev–Trinajstić information content (AvgIpc) is 3.94. The van der Waals surface area contributed by atoms with Crippen LogP contribution in [0.25, 0.3) is 77.2 Å². The summed E-state index contributed by atoms with van der Waals surface area (Å²) in [5.74, 6) is 0. The highest BCUT2D eigenvalue weighted by molar-refractivity contribution is 6.09. The third-order valence-electron chi connectivity index (χ3n) is 14.0. The topological polar surface area (TPSA) is 16.4 Å². The van der Waals surface area contributed by atoms with E-state index in [-0.39, 0.29) is 0 Å². The zero-order valence-electron chi connectivity index (χ0n) is 36.7. The van der Waals surface area contributed by atoms with Crippen molar-refractivity contribution < 1.29 is 4.42 Å². The summed E-state index contributed by atoms with van der Waals surface area (Å²) in [5, 5.41) is 4.76. The molecule has 1 aliphatic rings. The van der Waals surface area contributed by atoms with Crippen LogP contribution in [0.2, 0.25) is 0 Å². The van der Waals surface area contributed by atoms with E-state index in [0.29, 0.717) is 0 Å². The summed E-state index contributed by atoms with van der Waals surface area (Å²) >= 11 is 0. The number of benzene rings is 11. The molecule has 1 heterocycles. The first kappa shape index (κ1) is 38.7. The van der Waals surface area contributed by atoms with Crippen LogP contribution in [0.15, 0.2) is 265 Å². The fourth-order valence-corrected chi connectivity index (χ4v) is 10.9. The van der Waals surface area contributed by atoms with Crippen LogP contribution in [-0.2, 0) is 5.41 Å². The summed E-state index contributed by atoms with van der Waals surface area (Å²) in [5.41, 5.74) is 19.0. The van der Waals surface area contributed by atoms with Crippen molar-refractivity contribution in [3.8, 4) is 44.5 Å². The Morgan fingerprint density at radius 3 is 1.55 bits per heavy atom. The van der Waals surface area contributed by atoms with Gasteiger partial charge in [-0.25, -0.2) is 0 Å². The lowest BCUT2D eigenvalue weighted by atomic mass is 9.68. The van der Waals surface area contributed by atoms with Crippen LogP contribution in [0.1, 0.15) is 22.3 Å². The number of nitrogens with zero attached hydrogens (tertiary/aromatic N) is 1. The summed E-state index contributed by atoms with van der Waals surface area (Å²) in [6.07, 6.45) is 0. The number of hydrogen-bond donors (Lipinski definition) is 0. The highest BCUT2D eigenvalue weighted by Crippen LogP contribution is 2.59. The maximum atomic E-state index is 6.51. The number of anilines is 3. The van der Waals surface area contributed by atoms with Crippen LogP contribution >= 0.6 is 0 Å². The molecule has 13 rings (SSSR count). The van der Waals surface area contributed by atoms with Gasteiger partial charge in [0.25, 0.3) is 0 Å². The second-order valence-electron chi connectivity index (χ2n) is 17.6. The van der Waals surface area contributed by atoms with Crippen molar-refractivity contribution in [2.24, 2.45) is 0 Å². The first-order valence-corrected chi connectivity index (χ1v) is 23.1. The van der Waals surface area contributed by atoms with E-state index in [1.807, 2.05) is 12.1 Å². The molecule has 2 heteroatoms. The number of hydrogen-bond acceptors (Lipinski definition) is 2. The second kappa shape index (κ2) is 15.8. The monoisotopic (exact) mass is 853 g/mol. The summed E-state index contributed by atoms with van der Waals surface area (Å²) in [6, 6.07) is 95.0. The number of furan rings is 1. The van der Waals surface area contributed by atoms with Gasteiger partial charge >= 0.3 is 0 Å². The molecular weight excluding hydrogens is 811 g/mol. The van der Waals surface area contributed by atoms with Gasteiger partial charge < -0.3 is 9.32 Å². The molecule has 1 aliphatic carbocycles. The van der Waals surface area contributed by atoms with E-state index in [2.05, 4.69) is 254 Å². The molecule has 0 unspecified atom stereocenters. The van der Waals surface area contributed by atoms with E-state index in [4.69, 9.17) is 4.42 Å². The van der Waals surface area contributed by atoms with Gasteiger partial charge in [0.2, 0.25) is 0 Å².